The molecule has 1 aromatic carbocycles. The molecule has 0 bridgehead atoms. The lowest BCUT2D eigenvalue weighted by Gasteiger charge is -2.02. The molecule has 2 heterocycles. The third-order valence-electron chi connectivity index (χ3n) is 2.59. The maximum absolute atomic E-state index is 11.9. The van der Waals surface area contributed by atoms with Crippen molar-refractivity contribution in [3.05, 3.63) is 42.1 Å². The van der Waals surface area contributed by atoms with Gasteiger partial charge in [-0.3, -0.25) is 15.0 Å². The van der Waals surface area contributed by atoms with E-state index in [4.69, 9.17) is 0 Å². The fraction of sp³-hybridized carbons (Fsp3) is 0.0909. The van der Waals surface area contributed by atoms with Gasteiger partial charge in [0, 0.05) is 10.9 Å². The van der Waals surface area contributed by atoms with Crippen LogP contribution in [0.3, 0.4) is 0 Å². The normalized spacial score (nSPS) is 10.7. The molecule has 0 radical (unpaired) electrons. The number of carbonyl (C=O) groups is 1. The lowest BCUT2D eigenvalue weighted by atomic mass is 10.1. The van der Waals surface area contributed by atoms with Gasteiger partial charge < -0.3 is 5.32 Å². The Hall–Kier alpha value is -2.70. The van der Waals surface area contributed by atoms with Crippen LogP contribution in [0.5, 0.6) is 0 Å². The predicted octanol–water partition coefficient (Wildman–Crippen LogP) is 0.611. The number of fused-ring (bicyclic) bond motifs is 1. The Balaban J connectivity index is 1.75. The number of amides is 1. The molecule has 3 N–H and O–H groups in total. The maximum Gasteiger partial charge on any atom is 0.251 e. The molecule has 0 aliphatic carbocycles. The Morgan fingerprint density at radius 3 is 3.06 bits per heavy atom. The Morgan fingerprint density at radius 1 is 1.28 bits per heavy atom. The summed E-state index contributed by atoms with van der Waals surface area (Å²) < 4.78 is 0. The van der Waals surface area contributed by atoms with Crippen LogP contribution in [0.4, 0.5) is 0 Å². The number of benzene rings is 1. The summed E-state index contributed by atoms with van der Waals surface area (Å²) in [6, 6.07) is 5.37. The second-order valence-electron chi connectivity index (χ2n) is 3.79. The summed E-state index contributed by atoms with van der Waals surface area (Å²) in [6.07, 6.45) is 3.11. The first kappa shape index (κ1) is 10.5. The summed E-state index contributed by atoms with van der Waals surface area (Å²) in [5.41, 5.74) is 1.41. The minimum Gasteiger partial charge on any atom is -0.345 e. The van der Waals surface area contributed by atoms with Crippen LogP contribution in [-0.4, -0.2) is 31.3 Å². The van der Waals surface area contributed by atoms with Gasteiger partial charge in [-0.05, 0) is 12.1 Å². The maximum atomic E-state index is 11.9. The first-order valence-electron chi connectivity index (χ1n) is 5.38. The Labute approximate surface area is 102 Å². The van der Waals surface area contributed by atoms with Crippen LogP contribution < -0.4 is 5.32 Å². The lowest BCUT2D eigenvalue weighted by Crippen LogP contribution is -2.23. The van der Waals surface area contributed by atoms with Gasteiger partial charge in [-0.2, -0.15) is 10.2 Å². The molecule has 18 heavy (non-hydrogen) atoms. The first-order chi connectivity index (χ1) is 8.83. The van der Waals surface area contributed by atoms with Gasteiger partial charge in [0.15, 0.2) is 0 Å². The van der Waals surface area contributed by atoms with Crippen LogP contribution in [0, 0.1) is 0 Å². The fourth-order valence-corrected chi connectivity index (χ4v) is 1.66. The standard InChI is InChI=1S/C11H10N6O/c18-11(12-5-10-13-6-15-17-10)7-1-2-8-4-14-16-9(8)3-7/h1-4,6H,5H2,(H,12,18)(H,14,16)(H,13,15,17). The highest BCUT2D eigenvalue weighted by Crippen LogP contribution is 2.12. The van der Waals surface area contributed by atoms with E-state index in [1.54, 1.807) is 18.3 Å². The van der Waals surface area contributed by atoms with Crippen LogP contribution in [0.15, 0.2) is 30.7 Å². The van der Waals surface area contributed by atoms with E-state index in [2.05, 4.69) is 30.7 Å². The molecule has 0 spiro atoms. The van der Waals surface area contributed by atoms with E-state index >= 15 is 0 Å². The van der Waals surface area contributed by atoms with Crippen LogP contribution in [0.2, 0.25) is 0 Å². The minimum atomic E-state index is -0.164. The number of hydrogen-bond donors (Lipinski definition) is 3. The number of hydrogen-bond acceptors (Lipinski definition) is 4. The fourth-order valence-electron chi connectivity index (χ4n) is 1.66. The Bertz CT molecular complexity index is 672. The number of carbonyl (C=O) groups excluding carboxylic acids is 1. The third kappa shape index (κ3) is 1.93. The van der Waals surface area contributed by atoms with Crippen molar-refractivity contribution in [1.82, 2.24) is 30.7 Å². The average Bonchev–Trinajstić information content (AvgIpc) is 3.05. The second-order valence-corrected chi connectivity index (χ2v) is 3.79. The summed E-state index contributed by atoms with van der Waals surface area (Å²) in [5.74, 6) is 0.453. The average molecular weight is 242 g/mol. The summed E-state index contributed by atoms with van der Waals surface area (Å²) in [5, 5.41) is 16.8. The molecular weight excluding hydrogens is 232 g/mol. The SMILES string of the molecule is O=C(NCc1ncn[nH]1)c1ccc2cn[nH]c2c1. The molecule has 0 aliphatic heterocycles. The van der Waals surface area contributed by atoms with Crippen molar-refractivity contribution in [3.63, 3.8) is 0 Å². The smallest absolute Gasteiger partial charge is 0.251 e. The molecular formula is C11H10N6O. The van der Waals surface area contributed by atoms with Gasteiger partial charge in [-0.15, -0.1) is 0 Å². The molecule has 7 nitrogen and oxygen atoms in total. The molecule has 90 valence electrons. The van der Waals surface area contributed by atoms with E-state index in [0.29, 0.717) is 17.9 Å². The van der Waals surface area contributed by atoms with Crippen molar-refractivity contribution >= 4 is 16.8 Å². The number of rotatable bonds is 3. The van der Waals surface area contributed by atoms with Crippen molar-refractivity contribution in [2.75, 3.05) is 0 Å². The molecule has 1 amide bonds. The third-order valence-corrected chi connectivity index (χ3v) is 2.59. The van der Waals surface area contributed by atoms with Crippen molar-refractivity contribution in [2.24, 2.45) is 0 Å². The molecule has 0 saturated heterocycles. The predicted molar refractivity (Wildman–Crippen MR) is 63.6 cm³/mol. The zero-order valence-electron chi connectivity index (χ0n) is 9.34. The highest BCUT2D eigenvalue weighted by atomic mass is 16.1. The van der Waals surface area contributed by atoms with E-state index in [-0.39, 0.29) is 5.91 Å². The highest BCUT2D eigenvalue weighted by Gasteiger charge is 2.07. The number of nitrogens with zero attached hydrogens (tertiary/aromatic N) is 3. The number of aromatic nitrogens is 5. The van der Waals surface area contributed by atoms with Gasteiger partial charge in [0.25, 0.3) is 5.91 Å². The van der Waals surface area contributed by atoms with Crippen LogP contribution in [0.1, 0.15) is 16.2 Å². The minimum absolute atomic E-state index is 0.164. The van der Waals surface area contributed by atoms with Crippen LogP contribution in [-0.2, 0) is 6.54 Å². The lowest BCUT2D eigenvalue weighted by molar-refractivity contribution is 0.0950. The number of H-pyrrole nitrogens is 2. The van der Waals surface area contributed by atoms with Gasteiger partial charge in [0.2, 0.25) is 0 Å². The number of aromatic amines is 2. The van der Waals surface area contributed by atoms with Crippen LogP contribution >= 0.6 is 0 Å². The molecule has 0 atom stereocenters. The highest BCUT2D eigenvalue weighted by molar-refractivity contribution is 5.97. The molecule has 0 unspecified atom stereocenters. The van der Waals surface area contributed by atoms with Crippen molar-refractivity contribution in [1.29, 1.82) is 0 Å². The van der Waals surface area contributed by atoms with Crippen molar-refractivity contribution < 1.29 is 4.79 Å². The quantitative estimate of drug-likeness (QED) is 0.626. The van der Waals surface area contributed by atoms with Gasteiger partial charge >= 0.3 is 0 Å². The zero-order chi connectivity index (χ0) is 12.4. The van der Waals surface area contributed by atoms with Gasteiger partial charge in [0.05, 0.1) is 18.3 Å². The molecule has 0 aliphatic rings. The topological polar surface area (TPSA) is 99.3 Å². The molecule has 3 rings (SSSR count). The monoisotopic (exact) mass is 242 g/mol. The molecule has 3 aromatic rings. The van der Waals surface area contributed by atoms with Gasteiger partial charge in [-0.1, -0.05) is 6.07 Å². The van der Waals surface area contributed by atoms with Gasteiger partial charge in [-0.25, -0.2) is 4.98 Å². The van der Waals surface area contributed by atoms with E-state index in [0.717, 1.165) is 10.9 Å². The molecule has 2 aromatic heterocycles. The summed E-state index contributed by atoms with van der Waals surface area (Å²) in [4.78, 5) is 15.8. The van der Waals surface area contributed by atoms with E-state index < -0.39 is 0 Å². The van der Waals surface area contributed by atoms with E-state index in [9.17, 15) is 4.79 Å². The van der Waals surface area contributed by atoms with Gasteiger partial charge in [0.1, 0.15) is 12.2 Å². The summed E-state index contributed by atoms with van der Waals surface area (Å²) in [6.45, 7) is 0.319. The summed E-state index contributed by atoms with van der Waals surface area (Å²) >= 11 is 0. The summed E-state index contributed by atoms with van der Waals surface area (Å²) in [7, 11) is 0. The van der Waals surface area contributed by atoms with Crippen LogP contribution in [0.25, 0.3) is 10.9 Å². The van der Waals surface area contributed by atoms with E-state index in [1.165, 1.54) is 6.33 Å². The molecule has 0 saturated carbocycles. The Kier molecular flexibility index (Phi) is 2.49. The zero-order valence-corrected chi connectivity index (χ0v) is 9.34. The molecule has 0 fully saturated rings. The molecule has 7 heteroatoms. The first-order valence-corrected chi connectivity index (χ1v) is 5.38. The number of nitrogens with one attached hydrogen (secondary N) is 3. The Morgan fingerprint density at radius 2 is 2.22 bits per heavy atom. The second kappa shape index (κ2) is 4.28. The van der Waals surface area contributed by atoms with Crippen molar-refractivity contribution in [3.8, 4) is 0 Å². The van der Waals surface area contributed by atoms with E-state index in [1.807, 2.05) is 6.07 Å². The van der Waals surface area contributed by atoms with Crippen molar-refractivity contribution in [2.45, 2.75) is 6.54 Å². The largest absolute Gasteiger partial charge is 0.345 e.